The van der Waals surface area contributed by atoms with E-state index in [0.29, 0.717) is 0 Å². The quantitative estimate of drug-likeness (QED) is 0.327. The Kier molecular flexibility index (Phi) is 2.35. The molecule has 0 aliphatic heterocycles. The normalized spacial score (nSPS) is 17.8. The third-order valence-corrected chi connectivity index (χ3v) is 6.99. The second kappa shape index (κ2) is 4.20. The van der Waals surface area contributed by atoms with Crippen LogP contribution >= 0.6 is 0 Å². The molecule has 0 radical (unpaired) electrons. The van der Waals surface area contributed by atoms with Crippen molar-refractivity contribution < 1.29 is 0 Å². The van der Waals surface area contributed by atoms with Crippen molar-refractivity contribution in [1.29, 1.82) is 0 Å². The van der Waals surface area contributed by atoms with Gasteiger partial charge in [-0.1, -0.05) is 82.3 Å². The number of hydrogen-bond acceptors (Lipinski definition) is 0. The summed E-state index contributed by atoms with van der Waals surface area (Å²) in [4.78, 5) is 0. The van der Waals surface area contributed by atoms with E-state index in [0.717, 1.165) is 0 Å². The minimum Gasteiger partial charge on any atom is -0.0616 e. The average Bonchev–Trinajstić information content (AvgIpc) is 2.86. The average molecular weight is 334 g/mol. The predicted octanol–water partition coefficient (Wildman–Crippen LogP) is 6.94. The van der Waals surface area contributed by atoms with Crippen molar-refractivity contribution in [3.8, 4) is 11.1 Å². The Balaban J connectivity index is 2.00. The zero-order valence-corrected chi connectivity index (χ0v) is 15.8. The number of fused-ring (bicyclic) bond motifs is 2. The molecule has 0 heterocycles. The summed E-state index contributed by atoms with van der Waals surface area (Å²) in [6.07, 6.45) is 0. The van der Waals surface area contributed by atoms with Gasteiger partial charge in [0.2, 0.25) is 0 Å². The summed E-state index contributed by atoms with van der Waals surface area (Å²) in [5, 5.41) is 5.62. The Morgan fingerprint density at radius 2 is 1.35 bits per heavy atom. The maximum absolute atomic E-state index is 2.45. The van der Waals surface area contributed by atoms with Crippen molar-refractivity contribution in [1.82, 2.24) is 0 Å². The molecular weight excluding hydrogens is 312 g/mol. The van der Waals surface area contributed by atoms with Gasteiger partial charge in [0.15, 0.2) is 0 Å². The molecular formula is C26H22. The Bertz CT molecular complexity index is 1270. The molecule has 0 unspecified atom stereocenters. The van der Waals surface area contributed by atoms with Gasteiger partial charge >= 0.3 is 0 Å². The van der Waals surface area contributed by atoms with Crippen LogP contribution in [0.5, 0.6) is 0 Å². The minimum atomic E-state index is -0.00347. The zero-order chi connectivity index (χ0) is 17.8. The first-order valence-electron chi connectivity index (χ1n) is 9.56. The predicted molar refractivity (Wildman–Crippen MR) is 111 cm³/mol. The third kappa shape index (κ3) is 1.41. The number of rotatable bonds is 0. The van der Waals surface area contributed by atoms with Gasteiger partial charge in [0.05, 0.1) is 0 Å². The lowest BCUT2D eigenvalue weighted by atomic mass is 9.67. The monoisotopic (exact) mass is 334 g/mol. The molecule has 0 spiro atoms. The largest absolute Gasteiger partial charge is 0.0616 e. The molecule has 2 aliphatic carbocycles. The summed E-state index contributed by atoms with van der Waals surface area (Å²) in [6, 6.07) is 22.9. The molecule has 0 atom stereocenters. The zero-order valence-electron chi connectivity index (χ0n) is 15.8. The van der Waals surface area contributed by atoms with Crippen LogP contribution in [0.2, 0.25) is 0 Å². The fourth-order valence-electron chi connectivity index (χ4n) is 5.71. The maximum Gasteiger partial charge on any atom is 0.0165 e. The first kappa shape index (κ1) is 14.6. The van der Waals surface area contributed by atoms with Crippen molar-refractivity contribution in [3.05, 3.63) is 82.9 Å². The molecule has 0 amide bonds. The van der Waals surface area contributed by atoms with Gasteiger partial charge in [0, 0.05) is 10.8 Å². The summed E-state index contributed by atoms with van der Waals surface area (Å²) in [6.45, 7) is 9.60. The van der Waals surface area contributed by atoms with Crippen LogP contribution in [0.1, 0.15) is 49.9 Å². The molecule has 0 aromatic heterocycles. The van der Waals surface area contributed by atoms with Crippen LogP contribution in [-0.4, -0.2) is 0 Å². The van der Waals surface area contributed by atoms with Crippen LogP contribution in [0, 0.1) is 0 Å². The fraction of sp³-hybridized carbons (Fsp3) is 0.231. The lowest BCUT2D eigenvalue weighted by Gasteiger charge is -2.36. The first-order chi connectivity index (χ1) is 12.4. The third-order valence-electron chi connectivity index (χ3n) is 6.99. The number of hydrogen-bond donors (Lipinski definition) is 0. The van der Waals surface area contributed by atoms with Gasteiger partial charge in [-0.2, -0.15) is 0 Å². The molecule has 0 saturated heterocycles. The Morgan fingerprint density at radius 3 is 2.19 bits per heavy atom. The van der Waals surface area contributed by atoms with Crippen LogP contribution in [0.25, 0.3) is 32.7 Å². The molecule has 4 aromatic rings. The van der Waals surface area contributed by atoms with E-state index in [9.17, 15) is 0 Å². The molecule has 0 fully saturated rings. The highest BCUT2D eigenvalue weighted by molar-refractivity contribution is 6.11. The van der Waals surface area contributed by atoms with Crippen molar-refractivity contribution in [2.75, 3.05) is 0 Å². The van der Waals surface area contributed by atoms with Crippen LogP contribution in [0.15, 0.2) is 60.7 Å². The molecule has 2 aliphatic rings. The lowest BCUT2D eigenvalue weighted by Crippen LogP contribution is -2.24. The van der Waals surface area contributed by atoms with Crippen molar-refractivity contribution in [3.63, 3.8) is 0 Å². The summed E-state index contributed by atoms with van der Waals surface area (Å²) >= 11 is 0. The minimum absolute atomic E-state index is 0.00347. The Labute approximate surface area is 154 Å². The lowest BCUT2D eigenvalue weighted by molar-refractivity contribution is 0.645. The van der Waals surface area contributed by atoms with Gasteiger partial charge in [0.25, 0.3) is 0 Å². The van der Waals surface area contributed by atoms with Crippen LogP contribution < -0.4 is 0 Å². The van der Waals surface area contributed by atoms with Crippen LogP contribution in [0.4, 0.5) is 0 Å². The Morgan fingerprint density at radius 1 is 0.577 bits per heavy atom. The van der Waals surface area contributed by atoms with E-state index in [-0.39, 0.29) is 10.8 Å². The molecule has 126 valence electrons. The highest BCUT2D eigenvalue weighted by Crippen LogP contribution is 2.60. The number of benzene rings is 4. The summed E-state index contributed by atoms with van der Waals surface area (Å²) < 4.78 is 0. The molecule has 0 saturated carbocycles. The van der Waals surface area contributed by atoms with E-state index >= 15 is 0 Å². The van der Waals surface area contributed by atoms with Crippen LogP contribution in [0.3, 0.4) is 0 Å². The highest BCUT2D eigenvalue weighted by Gasteiger charge is 2.45. The highest BCUT2D eigenvalue weighted by atomic mass is 14.5. The van der Waals surface area contributed by atoms with Gasteiger partial charge < -0.3 is 0 Å². The molecule has 0 nitrogen and oxygen atoms in total. The van der Waals surface area contributed by atoms with Gasteiger partial charge in [0.1, 0.15) is 0 Å². The van der Waals surface area contributed by atoms with Gasteiger partial charge in [-0.25, -0.2) is 0 Å². The van der Waals surface area contributed by atoms with Gasteiger partial charge in [-0.3, -0.25) is 0 Å². The summed E-state index contributed by atoms with van der Waals surface area (Å²) in [5.74, 6) is 0. The maximum atomic E-state index is 2.45. The smallest absolute Gasteiger partial charge is 0.0165 e. The molecule has 0 heteroatoms. The fourth-order valence-corrected chi connectivity index (χ4v) is 5.71. The Hall–Kier alpha value is -2.60. The SMILES string of the molecule is CC1(C)c2cc3ccccc3c3c2-c2c1ccc1cccc(c21)C3(C)C. The van der Waals surface area contributed by atoms with E-state index < -0.39 is 0 Å². The molecule has 0 N–H and O–H groups in total. The van der Waals surface area contributed by atoms with E-state index in [2.05, 4.69) is 88.4 Å². The van der Waals surface area contributed by atoms with Crippen molar-refractivity contribution in [2.24, 2.45) is 0 Å². The standard InChI is InChI=1S/C26H22/c1-25(2)19-13-12-15-9-7-11-18-21(15)22(19)23-20(25)14-16-8-5-6-10-17(16)24(23)26(18,3)4/h5-14H,1-4H3. The summed E-state index contributed by atoms with van der Waals surface area (Å²) in [5.41, 5.74) is 9.02. The van der Waals surface area contributed by atoms with E-state index in [1.165, 1.54) is 54.9 Å². The molecule has 4 aromatic carbocycles. The van der Waals surface area contributed by atoms with Crippen LogP contribution in [-0.2, 0) is 10.8 Å². The summed E-state index contributed by atoms with van der Waals surface area (Å²) in [7, 11) is 0. The van der Waals surface area contributed by atoms with E-state index in [1.54, 1.807) is 0 Å². The molecule has 26 heavy (non-hydrogen) atoms. The van der Waals surface area contributed by atoms with Crippen molar-refractivity contribution in [2.45, 2.75) is 38.5 Å². The van der Waals surface area contributed by atoms with E-state index in [4.69, 9.17) is 0 Å². The second-order valence-electron chi connectivity index (χ2n) is 9.04. The topological polar surface area (TPSA) is 0 Å². The van der Waals surface area contributed by atoms with E-state index in [1.807, 2.05) is 0 Å². The second-order valence-corrected chi connectivity index (χ2v) is 9.04. The van der Waals surface area contributed by atoms with Crippen molar-refractivity contribution >= 4 is 21.5 Å². The first-order valence-corrected chi connectivity index (χ1v) is 9.56. The molecule has 0 bridgehead atoms. The molecule has 6 rings (SSSR count). The van der Waals surface area contributed by atoms with Gasteiger partial charge in [-0.05, 0) is 61.0 Å². The van der Waals surface area contributed by atoms with Gasteiger partial charge in [-0.15, -0.1) is 0 Å².